The lowest BCUT2D eigenvalue weighted by atomic mass is 10.2. The van der Waals surface area contributed by atoms with E-state index in [4.69, 9.17) is 32.7 Å². The van der Waals surface area contributed by atoms with E-state index >= 15 is 0 Å². The summed E-state index contributed by atoms with van der Waals surface area (Å²) in [6.07, 6.45) is 0. The summed E-state index contributed by atoms with van der Waals surface area (Å²) in [6, 6.07) is 13.2. The Morgan fingerprint density at radius 3 is 2.53 bits per heavy atom. The first kappa shape index (κ1) is 14.0. The molecule has 0 N–H and O–H groups in total. The van der Waals surface area contributed by atoms with Crippen LogP contribution in [0, 0.1) is 0 Å². The minimum Gasteiger partial charge on any atom is -0.496 e. The molecule has 0 aromatic heterocycles. The molecule has 0 spiro atoms. The molecule has 2 rings (SSSR count). The first-order chi connectivity index (χ1) is 9.24. The Kier molecular flexibility index (Phi) is 4.94. The van der Waals surface area contributed by atoms with Gasteiger partial charge in [0.2, 0.25) is 0 Å². The van der Waals surface area contributed by atoms with Gasteiger partial charge in [0.25, 0.3) is 0 Å². The Morgan fingerprint density at radius 1 is 1.00 bits per heavy atom. The summed E-state index contributed by atoms with van der Waals surface area (Å²) in [6.45, 7) is 0.426. The molecule has 4 heteroatoms. The normalized spacial score (nSPS) is 10.3. The van der Waals surface area contributed by atoms with Crippen molar-refractivity contribution in [1.29, 1.82) is 0 Å². The molecule has 0 saturated carbocycles. The van der Waals surface area contributed by atoms with Gasteiger partial charge in [0.15, 0.2) is 0 Å². The number of hydrogen-bond donors (Lipinski definition) is 0. The van der Waals surface area contributed by atoms with Crippen molar-refractivity contribution < 1.29 is 9.47 Å². The van der Waals surface area contributed by atoms with Crippen LogP contribution in [0.1, 0.15) is 11.1 Å². The van der Waals surface area contributed by atoms with Crippen LogP contribution in [0.3, 0.4) is 0 Å². The highest BCUT2D eigenvalue weighted by atomic mass is 35.5. The highest BCUT2D eigenvalue weighted by Crippen LogP contribution is 2.26. The van der Waals surface area contributed by atoms with Crippen LogP contribution in [-0.2, 0) is 12.5 Å². The number of benzene rings is 2. The number of halogens is 2. The molecule has 2 aromatic rings. The summed E-state index contributed by atoms with van der Waals surface area (Å²) < 4.78 is 11.1. The average molecular weight is 297 g/mol. The largest absolute Gasteiger partial charge is 0.496 e. The summed E-state index contributed by atoms with van der Waals surface area (Å²) in [7, 11) is 1.64. The molecular weight excluding hydrogens is 283 g/mol. The van der Waals surface area contributed by atoms with E-state index in [-0.39, 0.29) is 0 Å². The SMILES string of the molecule is COc1ccccc1COc1ccc(Cl)cc1CCl. The molecule has 0 aliphatic rings. The van der Waals surface area contributed by atoms with Crippen molar-refractivity contribution in [2.24, 2.45) is 0 Å². The molecular formula is C15H14Cl2O2. The third-order valence-electron chi connectivity index (χ3n) is 2.74. The van der Waals surface area contributed by atoms with Crippen molar-refractivity contribution >= 4 is 23.2 Å². The van der Waals surface area contributed by atoms with Gasteiger partial charge in [0.1, 0.15) is 18.1 Å². The molecule has 19 heavy (non-hydrogen) atoms. The Balaban J connectivity index is 2.14. The molecule has 2 aromatic carbocycles. The zero-order valence-electron chi connectivity index (χ0n) is 10.5. The number of alkyl halides is 1. The average Bonchev–Trinajstić information content (AvgIpc) is 2.46. The fourth-order valence-corrected chi connectivity index (χ4v) is 2.17. The number of para-hydroxylation sites is 1. The Bertz CT molecular complexity index is 556. The maximum atomic E-state index is 5.93. The molecule has 0 unspecified atom stereocenters. The topological polar surface area (TPSA) is 18.5 Å². The van der Waals surface area contributed by atoms with Crippen molar-refractivity contribution in [2.45, 2.75) is 12.5 Å². The zero-order chi connectivity index (χ0) is 13.7. The molecule has 100 valence electrons. The summed E-state index contributed by atoms with van der Waals surface area (Å²) in [5, 5.41) is 0.653. The van der Waals surface area contributed by atoms with E-state index in [0.717, 1.165) is 22.6 Å². The molecule has 0 bridgehead atoms. The van der Waals surface area contributed by atoms with Gasteiger partial charge in [-0.05, 0) is 24.3 Å². The minimum atomic E-state index is 0.363. The molecule has 0 fully saturated rings. The maximum Gasteiger partial charge on any atom is 0.125 e. The minimum absolute atomic E-state index is 0.363. The highest BCUT2D eigenvalue weighted by molar-refractivity contribution is 6.30. The Labute approximate surface area is 122 Å². The van der Waals surface area contributed by atoms with Gasteiger partial charge < -0.3 is 9.47 Å². The van der Waals surface area contributed by atoms with E-state index in [9.17, 15) is 0 Å². The van der Waals surface area contributed by atoms with Gasteiger partial charge in [-0.3, -0.25) is 0 Å². The van der Waals surface area contributed by atoms with Gasteiger partial charge in [-0.2, -0.15) is 0 Å². The van der Waals surface area contributed by atoms with Crippen LogP contribution >= 0.6 is 23.2 Å². The van der Waals surface area contributed by atoms with Crippen molar-refractivity contribution in [3.8, 4) is 11.5 Å². The number of ether oxygens (including phenoxy) is 2. The van der Waals surface area contributed by atoms with Crippen molar-refractivity contribution in [3.63, 3.8) is 0 Å². The quantitative estimate of drug-likeness (QED) is 0.747. The monoisotopic (exact) mass is 296 g/mol. The number of methoxy groups -OCH3 is 1. The van der Waals surface area contributed by atoms with Gasteiger partial charge in [-0.25, -0.2) is 0 Å². The van der Waals surface area contributed by atoms with E-state index < -0.39 is 0 Å². The van der Waals surface area contributed by atoms with Crippen molar-refractivity contribution in [2.75, 3.05) is 7.11 Å². The van der Waals surface area contributed by atoms with Gasteiger partial charge in [0, 0.05) is 16.1 Å². The number of rotatable bonds is 5. The van der Waals surface area contributed by atoms with E-state index in [1.165, 1.54) is 0 Å². The first-order valence-corrected chi connectivity index (χ1v) is 6.75. The van der Waals surface area contributed by atoms with Crippen LogP contribution in [-0.4, -0.2) is 7.11 Å². The standard InChI is InChI=1S/C15H14Cl2O2/c1-18-14-5-3-2-4-11(14)10-19-15-7-6-13(17)8-12(15)9-16/h2-8H,9-10H2,1H3. The van der Waals surface area contributed by atoms with Gasteiger partial charge >= 0.3 is 0 Å². The van der Waals surface area contributed by atoms with Crippen LogP contribution in [0.15, 0.2) is 42.5 Å². The molecule has 0 amide bonds. The molecule has 0 heterocycles. The van der Waals surface area contributed by atoms with Crippen LogP contribution in [0.5, 0.6) is 11.5 Å². The van der Waals surface area contributed by atoms with E-state index in [1.807, 2.05) is 36.4 Å². The molecule has 2 nitrogen and oxygen atoms in total. The highest BCUT2D eigenvalue weighted by Gasteiger charge is 2.06. The Hall–Kier alpha value is -1.38. The van der Waals surface area contributed by atoms with Crippen LogP contribution in [0.2, 0.25) is 5.02 Å². The molecule has 0 radical (unpaired) electrons. The van der Waals surface area contributed by atoms with Crippen molar-refractivity contribution in [3.05, 3.63) is 58.6 Å². The van der Waals surface area contributed by atoms with Crippen molar-refractivity contribution in [1.82, 2.24) is 0 Å². The predicted molar refractivity (Wildman–Crippen MR) is 78.3 cm³/mol. The summed E-state index contributed by atoms with van der Waals surface area (Å²) >= 11 is 11.8. The van der Waals surface area contributed by atoms with E-state index in [1.54, 1.807) is 13.2 Å². The fourth-order valence-electron chi connectivity index (χ4n) is 1.77. The smallest absolute Gasteiger partial charge is 0.125 e. The van der Waals surface area contributed by atoms with Gasteiger partial charge in [-0.15, -0.1) is 11.6 Å². The predicted octanol–water partition coefficient (Wildman–Crippen LogP) is 4.67. The summed E-state index contributed by atoms with van der Waals surface area (Å²) in [5.74, 6) is 1.91. The molecule has 0 aliphatic heterocycles. The lowest BCUT2D eigenvalue weighted by Gasteiger charge is -2.12. The van der Waals surface area contributed by atoms with Gasteiger partial charge in [0.05, 0.1) is 13.0 Å². The van der Waals surface area contributed by atoms with E-state index in [2.05, 4.69) is 0 Å². The first-order valence-electron chi connectivity index (χ1n) is 5.83. The number of hydrogen-bond acceptors (Lipinski definition) is 2. The zero-order valence-corrected chi connectivity index (χ0v) is 12.0. The van der Waals surface area contributed by atoms with E-state index in [0.29, 0.717) is 17.5 Å². The Morgan fingerprint density at radius 2 is 1.79 bits per heavy atom. The van der Waals surface area contributed by atoms with Crippen LogP contribution < -0.4 is 9.47 Å². The second-order valence-corrected chi connectivity index (χ2v) is 4.69. The fraction of sp³-hybridized carbons (Fsp3) is 0.200. The molecule has 0 saturated heterocycles. The van der Waals surface area contributed by atoms with Crippen LogP contribution in [0.4, 0.5) is 0 Å². The second kappa shape index (κ2) is 6.69. The lowest BCUT2D eigenvalue weighted by molar-refractivity contribution is 0.294. The lowest BCUT2D eigenvalue weighted by Crippen LogP contribution is -2.00. The maximum absolute atomic E-state index is 5.93. The third kappa shape index (κ3) is 3.55. The summed E-state index contributed by atoms with van der Waals surface area (Å²) in [4.78, 5) is 0. The van der Waals surface area contributed by atoms with Gasteiger partial charge in [-0.1, -0.05) is 29.8 Å². The third-order valence-corrected chi connectivity index (χ3v) is 3.27. The molecule has 0 aliphatic carbocycles. The molecule has 0 atom stereocenters. The summed E-state index contributed by atoms with van der Waals surface area (Å²) in [5.41, 5.74) is 1.87. The second-order valence-electron chi connectivity index (χ2n) is 3.99. The van der Waals surface area contributed by atoms with Crippen LogP contribution in [0.25, 0.3) is 0 Å².